The molecule has 2 aromatic rings. The molecule has 0 radical (unpaired) electrons. The maximum atomic E-state index is 8.78. The van der Waals surface area contributed by atoms with E-state index in [-0.39, 0.29) is 0 Å². The van der Waals surface area contributed by atoms with Gasteiger partial charge in [-0.05, 0) is 30.3 Å². The zero-order valence-electron chi connectivity index (χ0n) is 10.0. The maximum absolute atomic E-state index is 8.78. The first-order valence-electron chi connectivity index (χ1n) is 5.65. The maximum Gasteiger partial charge on any atom is 0.120 e. The highest BCUT2D eigenvalue weighted by Gasteiger charge is 1.98. The van der Waals surface area contributed by atoms with E-state index in [1.165, 1.54) is 0 Å². The molecule has 19 heavy (non-hydrogen) atoms. The van der Waals surface area contributed by atoms with Crippen molar-refractivity contribution in [2.75, 3.05) is 12.4 Å². The second-order valence-corrected chi connectivity index (χ2v) is 5.20. The first-order valence-corrected chi connectivity index (χ1v) is 7.01. The van der Waals surface area contributed by atoms with E-state index in [1.54, 1.807) is 30.1 Å². The molecule has 0 saturated heterocycles. The number of hydrogen-bond acceptors (Lipinski definition) is 4. The Morgan fingerprint density at radius 1 is 1.32 bits per heavy atom. The minimum absolute atomic E-state index is 0.559. The number of benzene rings is 1. The SMILES string of the molecule is N#Cc1cccc(OCCSc2ccc(Cl)cn2)c1. The van der Waals surface area contributed by atoms with E-state index in [0.717, 1.165) is 10.8 Å². The minimum Gasteiger partial charge on any atom is -0.493 e. The molecule has 0 unspecified atom stereocenters. The molecule has 1 aromatic heterocycles. The summed E-state index contributed by atoms with van der Waals surface area (Å²) < 4.78 is 5.57. The Kier molecular flexibility index (Phi) is 5.08. The van der Waals surface area contributed by atoms with E-state index in [4.69, 9.17) is 21.6 Å². The van der Waals surface area contributed by atoms with Gasteiger partial charge >= 0.3 is 0 Å². The quantitative estimate of drug-likeness (QED) is 0.621. The van der Waals surface area contributed by atoms with Crippen molar-refractivity contribution in [3.05, 3.63) is 53.2 Å². The van der Waals surface area contributed by atoms with E-state index in [1.807, 2.05) is 24.3 Å². The number of hydrogen-bond donors (Lipinski definition) is 0. The van der Waals surface area contributed by atoms with Crippen LogP contribution in [0.15, 0.2) is 47.6 Å². The summed E-state index contributed by atoms with van der Waals surface area (Å²) in [5.74, 6) is 1.49. The lowest BCUT2D eigenvalue weighted by Crippen LogP contribution is -2.00. The van der Waals surface area contributed by atoms with Crippen LogP contribution in [0, 0.1) is 11.3 Å². The third-order valence-corrected chi connectivity index (χ3v) is 3.40. The molecule has 96 valence electrons. The van der Waals surface area contributed by atoms with Crippen molar-refractivity contribution in [2.45, 2.75) is 5.03 Å². The molecule has 3 nitrogen and oxygen atoms in total. The second-order valence-electron chi connectivity index (χ2n) is 3.65. The van der Waals surface area contributed by atoms with Gasteiger partial charge in [-0.15, -0.1) is 11.8 Å². The molecule has 0 amide bonds. The van der Waals surface area contributed by atoms with Crippen LogP contribution in [0.25, 0.3) is 0 Å². The number of ether oxygens (including phenoxy) is 1. The largest absolute Gasteiger partial charge is 0.493 e. The summed E-state index contributed by atoms with van der Waals surface area (Å²) in [6.45, 7) is 0.559. The fourth-order valence-electron chi connectivity index (χ4n) is 1.41. The summed E-state index contributed by atoms with van der Waals surface area (Å²) >= 11 is 7.36. The minimum atomic E-state index is 0.559. The summed E-state index contributed by atoms with van der Waals surface area (Å²) in [5.41, 5.74) is 0.601. The van der Waals surface area contributed by atoms with Gasteiger partial charge in [-0.25, -0.2) is 4.98 Å². The van der Waals surface area contributed by atoms with Crippen molar-refractivity contribution < 1.29 is 4.74 Å². The molecule has 1 heterocycles. The Hall–Kier alpha value is -1.70. The number of aromatic nitrogens is 1. The lowest BCUT2D eigenvalue weighted by Gasteiger charge is -2.05. The van der Waals surface area contributed by atoms with Crippen LogP contribution < -0.4 is 4.74 Å². The third-order valence-electron chi connectivity index (χ3n) is 2.27. The molecule has 0 saturated carbocycles. The predicted octanol–water partition coefficient (Wildman–Crippen LogP) is 3.78. The average Bonchev–Trinajstić information content (AvgIpc) is 2.46. The van der Waals surface area contributed by atoms with Gasteiger partial charge in [-0.1, -0.05) is 17.7 Å². The molecular weight excluding hydrogens is 280 g/mol. The van der Waals surface area contributed by atoms with E-state index in [9.17, 15) is 0 Å². The fraction of sp³-hybridized carbons (Fsp3) is 0.143. The summed E-state index contributed by atoms with van der Waals surface area (Å²) in [6, 6.07) is 12.9. The Morgan fingerprint density at radius 2 is 2.21 bits per heavy atom. The molecule has 5 heteroatoms. The van der Waals surface area contributed by atoms with E-state index in [2.05, 4.69) is 11.1 Å². The molecular formula is C14H11ClN2OS. The predicted molar refractivity (Wildman–Crippen MR) is 76.6 cm³/mol. The van der Waals surface area contributed by atoms with Crippen molar-refractivity contribution in [1.29, 1.82) is 5.26 Å². The van der Waals surface area contributed by atoms with Gasteiger partial charge in [0, 0.05) is 11.9 Å². The number of nitrogens with zero attached hydrogens (tertiary/aromatic N) is 2. The topological polar surface area (TPSA) is 45.9 Å². The van der Waals surface area contributed by atoms with Gasteiger partial charge in [-0.3, -0.25) is 0 Å². The molecule has 0 fully saturated rings. The van der Waals surface area contributed by atoms with Crippen molar-refractivity contribution in [3.63, 3.8) is 0 Å². The van der Waals surface area contributed by atoms with E-state index >= 15 is 0 Å². The molecule has 0 spiro atoms. The highest BCUT2D eigenvalue weighted by Crippen LogP contribution is 2.18. The van der Waals surface area contributed by atoms with Gasteiger partial charge in [0.15, 0.2) is 0 Å². The Bertz CT molecular complexity index is 581. The molecule has 1 aromatic carbocycles. The van der Waals surface area contributed by atoms with E-state index in [0.29, 0.717) is 22.9 Å². The highest BCUT2D eigenvalue weighted by atomic mass is 35.5. The van der Waals surface area contributed by atoms with Crippen molar-refractivity contribution in [3.8, 4) is 11.8 Å². The van der Waals surface area contributed by atoms with Crippen LogP contribution in [-0.2, 0) is 0 Å². The number of pyridine rings is 1. The number of nitriles is 1. The standard InChI is InChI=1S/C14H11ClN2OS/c15-12-4-5-14(17-10-12)19-7-6-18-13-3-1-2-11(8-13)9-16/h1-5,8,10H,6-7H2. The smallest absolute Gasteiger partial charge is 0.120 e. The number of halogens is 1. The highest BCUT2D eigenvalue weighted by molar-refractivity contribution is 7.99. The van der Waals surface area contributed by atoms with Gasteiger partial charge in [-0.2, -0.15) is 5.26 Å². The van der Waals surface area contributed by atoms with Crippen LogP contribution >= 0.6 is 23.4 Å². The lowest BCUT2D eigenvalue weighted by molar-refractivity contribution is 0.344. The van der Waals surface area contributed by atoms with Crippen LogP contribution in [0.3, 0.4) is 0 Å². The van der Waals surface area contributed by atoms with Crippen molar-refractivity contribution in [1.82, 2.24) is 4.98 Å². The van der Waals surface area contributed by atoms with Crippen LogP contribution in [0.1, 0.15) is 5.56 Å². The zero-order chi connectivity index (χ0) is 13.5. The second kappa shape index (κ2) is 7.03. The van der Waals surface area contributed by atoms with E-state index < -0.39 is 0 Å². The van der Waals surface area contributed by atoms with Gasteiger partial charge in [0.2, 0.25) is 0 Å². The monoisotopic (exact) mass is 290 g/mol. The van der Waals surface area contributed by atoms with Crippen molar-refractivity contribution >= 4 is 23.4 Å². The lowest BCUT2D eigenvalue weighted by atomic mass is 10.2. The third kappa shape index (κ3) is 4.47. The average molecular weight is 291 g/mol. The first kappa shape index (κ1) is 13.7. The molecule has 2 rings (SSSR count). The Labute approximate surface area is 121 Å². The summed E-state index contributed by atoms with van der Waals surface area (Å²) in [4.78, 5) is 4.18. The molecule has 0 atom stereocenters. The van der Waals surface area contributed by atoms with Gasteiger partial charge in [0.05, 0.1) is 28.3 Å². The first-order chi connectivity index (χ1) is 9.28. The van der Waals surface area contributed by atoms with Crippen LogP contribution in [0.5, 0.6) is 5.75 Å². The van der Waals surface area contributed by atoms with Gasteiger partial charge < -0.3 is 4.74 Å². The molecule has 0 bridgehead atoms. The molecule has 0 aliphatic heterocycles. The fourth-order valence-corrected chi connectivity index (χ4v) is 2.19. The molecule has 0 aliphatic carbocycles. The Morgan fingerprint density at radius 3 is 2.95 bits per heavy atom. The molecule has 0 aliphatic rings. The normalized spacial score (nSPS) is 9.89. The molecule has 0 N–H and O–H groups in total. The van der Waals surface area contributed by atoms with Crippen molar-refractivity contribution in [2.24, 2.45) is 0 Å². The van der Waals surface area contributed by atoms with Gasteiger partial charge in [0.25, 0.3) is 0 Å². The number of rotatable bonds is 5. The summed E-state index contributed by atoms with van der Waals surface area (Å²) in [7, 11) is 0. The van der Waals surface area contributed by atoms with Crippen LogP contribution in [0.2, 0.25) is 5.02 Å². The zero-order valence-corrected chi connectivity index (χ0v) is 11.6. The Balaban J connectivity index is 1.77. The summed E-state index contributed by atoms with van der Waals surface area (Å²) in [5, 5.41) is 10.3. The summed E-state index contributed by atoms with van der Waals surface area (Å²) in [6.07, 6.45) is 1.63. The van der Waals surface area contributed by atoms with Crippen LogP contribution in [-0.4, -0.2) is 17.3 Å². The van der Waals surface area contributed by atoms with Crippen LogP contribution in [0.4, 0.5) is 0 Å². The van der Waals surface area contributed by atoms with Gasteiger partial charge in [0.1, 0.15) is 5.75 Å². The number of thioether (sulfide) groups is 1.